The van der Waals surface area contributed by atoms with Crippen LogP contribution in [0.25, 0.3) is 0 Å². The van der Waals surface area contributed by atoms with Gasteiger partial charge >= 0.3 is 12.2 Å². The molecule has 3 aromatic carbocycles. The van der Waals surface area contributed by atoms with Crippen LogP contribution in [0.2, 0.25) is 0 Å². The number of carbonyl (C=O) groups is 2. The quantitative estimate of drug-likeness (QED) is 0.467. The van der Waals surface area contributed by atoms with Crippen molar-refractivity contribution in [3.8, 4) is 5.75 Å². The third-order valence-electron chi connectivity index (χ3n) is 5.63. The zero-order valence-corrected chi connectivity index (χ0v) is 17.8. The summed E-state index contributed by atoms with van der Waals surface area (Å²) in [7, 11) is 0. The normalized spacial score (nSPS) is 22.4. The SMILES string of the molecule is O=C1N[C@@H](c2ccc(OCc3ccccc3)cc2)[C@@H](C(=O)c2ccccc2)[C@](O)(C(F)(F)F)N1. The maximum absolute atomic E-state index is 14.0. The number of benzene rings is 3. The molecule has 9 heteroatoms. The first-order chi connectivity index (χ1) is 16.2. The number of urea groups is 1. The highest BCUT2D eigenvalue weighted by molar-refractivity contribution is 6.00. The Labute approximate surface area is 193 Å². The molecule has 1 heterocycles. The molecule has 1 saturated heterocycles. The number of hydrogen-bond acceptors (Lipinski definition) is 4. The number of Topliss-reactive ketones (excluding diaryl/α,β-unsaturated/α-hetero) is 1. The molecule has 1 fully saturated rings. The highest BCUT2D eigenvalue weighted by Crippen LogP contribution is 2.44. The van der Waals surface area contributed by atoms with Gasteiger partial charge in [-0.1, -0.05) is 72.8 Å². The van der Waals surface area contributed by atoms with E-state index in [-0.39, 0.29) is 17.7 Å². The summed E-state index contributed by atoms with van der Waals surface area (Å²) in [6, 6.07) is 20.0. The first-order valence-electron chi connectivity index (χ1n) is 10.4. The molecule has 1 aliphatic heterocycles. The van der Waals surface area contributed by atoms with Crippen molar-refractivity contribution >= 4 is 11.8 Å². The van der Waals surface area contributed by atoms with Crippen LogP contribution in [0.5, 0.6) is 5.75 Å². The lowest BCUT2D eigenvalue weighted by Crippen LogP contribution is -2.72. The standard InChI is InChI=1S/C25H21F3N2O4/c26-25(27,28)24(33)20(22(31)18-9-5-2-6-10-18)21(29-23(32)30-24)17-11-13-19(14-12-17)34-15-16-7-3-1-4-8-16/h1-14,20-21,33H,15H2,(H2,29,30,32)/t20-,21-,24-/m0/s1. The maximum atomic E-state index is 14.0. The summed E-state index contributed by atoms with van der Waals surface area (Å²) in [5.41, 5.74) is -2.66. The smallest absolute Gasteiger partial charge is 0.437 e. The Morgan fingerprint density at radius 2 is 1.53 bits per heavy atom. The molecule has 0 saturated carbocycles. The Morgan fingerprint density at radius 1 is 0.941 bits per heavy atom. The van der Waals surface area contributed by atoms with Gasteiger partial charge in [-0.25, -0.2) is 4.79 Å². The van der Waals surface area contributed by atoms with Gasteiger partial charge in [0.15, 0.2) is 5.78 Å². The summed E-state index contributed by atoms with van der Waals surface area (Å²) in [5.74, 6) is -2.60. The Hall–Kier alpha value is -3.85. The third kappa shape index (κ3) is 4.60. The maximum Gasteiger partial charge on any atom is 0.437 e. The van der Waals surface area contributed by atoms with E-state index in [2.05, 4.69) is 5.32 Å². The van der Waals surface area contributed by atoms with Crippen LogP contribution in [0.1, 0.15) is 27.5 Å². The van der Waals surface area contributed by atoms with Crippen molar-refractivity contribution in [3.63, 3.8) is 0 Å². The zero-order valence-electron chi connectivity index (χ0n) is 17.8. The van der Waals surface area contributed by atoms with Crippen molar-refractivity contribution in [1.29, 1.82) is 0 Å². The first-order valence-corrected chi connectivity index (χ1v) is 10.4. The topological polar surface area (TPSA) is 87.7 Å². The second-order valence-electron chi connectivity index (χ2n) is 7.89. The molecule has 6 nitrogen and oxygen atoms in total. The number of amides is 2. The van der Waals surface area contributed by atoms with Gasteiger partial charge in [-0.3, -0.25) is 4.79 Å². The number of nitrogens with one attached hydrogen (secondary N) is 2. The van der Waals surface area contributed by atoms with E-state index in [1.54, 1.807) is 6.07 Å². The second-order valence-corrected chi connectivity index (χ2v) is 7.89. The van der Waals surface area contributed by atoms with Gasteiger partial charge in [-0.05, 0) is 23.3 Å². The largest absolute Gasteiger partial charge is 0.489 e. The molecule has 3 atom stereocenters. The molecular weight excluding hydrogens is 449 g/mol. The molecule has 0 aromatic heterocycles. The molecule has 0 radical (unpaired) electrons. The van der Waals surface area contributed by atoms with Gasteiger partial charge in [0, 0.05) is 5.56 Å². The average Bonchev–Trinajstić information content (AvgIpc) is 2.83. The minimum Gasteiger partial charge on any atom is -0.489 e. The minimum atomic E-state index is -5.31. The molecule has 4 rings (SSSR count). The molecule has 0 aliphatic carbocycles. The van der Waals surface area contributed by atoms with E-state index in [9.17, 15) is 27.9 Å². The van der Waals surface area contributed by atoms with Crippen molar-refractivity contribution < 1.29 is 32.6 Å². The molecule has 0 spiro atoms. The number of hydrogen-bond donors (Lipinski definition) is 3. The molecule has 3 N–H and O–H groups in total. The molecule has 3 aromatic rings. The third-order valence-corrected chi connectivity index (χ3v) is 5.63. The van der Waals surface area contributed by atoms with E-state index < -0.39 is 35.7 Å². The molecule has 176 valence electrons. The van der Waals surface area contributed by atoms with Crippen LogP contribution in [0, 0.1) is 5.92 Å². The van der Waals surface area contributed by atoms with Crippen molar-refractivity contribution in [3.05, 3.63) is 102 Å². The Kier molecular flexibility index (Phi) is 6.30. The number of aliphatic hydroxyl groups is 1. The number of rotatable bonds is 6. The lowest BCUT2D eigenvalue weighted by molar-refractivity contribution is -0.287. The lowest BCUT2D eigenvalue weighted by atomic mass is 9.77. The van der Waals surface area contributed by atoms with E-state index >= 15 is 0 Å². The number of ketones is 1. The Morgan fingerprint density at radius 3 is 2.12 bits per heavy atom. The van der Waals surface area contributed by atoms with Crippen molar-refractivity contribution in [2.75, 3.05) is 0 Å². The summed E-state index contributed by atoms with van der Waals surface area (Å²) in [4.78, 5) is 25.3. The van der Waals surface area contributed by atoms with Crippen LogP contribution in [-0.4, -0.2) is 28.8 Å². The van der Waals surface area contributed by atoms with E-state index in [1.807, 2.05) is 30.3 Å². The van der Waals surface area contributed by atoms with Gasteiger partial charge in [0.25, 0.3) is 0 Å². The number of alkyl halides is 3. The number of halogens is 3. The molecule has 0 bridgehead atoms. The summed E-state index contributed by atoms with van der Waals surface area (Å²) >= 11 is 0. The van der Waals surface area contributed by atoms with Crippen LogP contribution in [0.15, 0.2) is 84.9 Å². The average molecular weight is 470 g/mol. The second kappa shape index (κ2) is 9.18. The van der Waals surface area contributed by atoms with Gasteiger partial charge < -0.3 is 20.5 Å². The van der Waals surface area contributed by atoms with Crippen LogP contribution < -0.4 is 15.4 Å². The number of carbonyl (C=O) groups excluding carboxylic acids is 2. The van der Waals surface area contributed by atoms with Crippen molar-refractivity contribution in [2.45, 2.75) is 24.6 Å². The molecule has 0 unspecified atom stereocenters. The van der Waals surface area contributed by atoms with Gasteiger partial charge in [0.2, 0.25) is 5.72 Å². The van der Waals surface area contributed by atoms with Gasteiger partial charge in [-0.15, -0.1) is 0 Å². The predicted octanol–water partition coefficient (Wildman–Crippen LogP) is 4.37. The van der Waals surface area contributed by atoms with Crippen molar-refractivity contribution in [1.82, 2.24) is 10.6 Å². The lowest BCUT2D eigenvalue weighted by Gasteiger charge is -2.45. The van der Waals surface area contributed by atoms with Gasteiger partial charge in [0.1, 0.15) is 18.3 Å². The highest BCUT2D eigenvalue weighted by atomic mass is 19.4. The van der Waals surface area contributed by atoms with E-state index in [1.165, 1.54) is 53.8 Å². The van der Waals surface area contributed by atoms with Gasteiger partial charge in [0.05, 0.1) is 6.04 Å². The molecule has 34 heavy (non-hydrogen) atoms. The molecular formula is C25H21F3N2O4. The van der Waals surface area contributed by atoms with Crippen LogP contribution in [0.4, 0.5) is 18.0 Å². The highest BCUT2D eigenvalue weighted by Gasteiger charge is 2.66. The summed E-state index contributed by atoms with van der Waals surface area (Å²) in [5, 5.41) is 14.5. The monoisotopic (exact) mass is 470 g/mol. The Balaban J connectivity index is 1.66. The number of ether oxygens (including phenoxy) is 1. The van der Waals surface area contributed by atoms with Crippen LogP contribution in [0.3, 0.4) is 0 Å². The van der Waals surface area contributed by atoms with Gasteiger partial charge in [-0.2, -0.15) is 13.2 Å². The summed E-state index contributed by atoms with van der Waals surface area (Å²) in [6.45, 7) is 0.285. The minimum absolute atomic E-state index is 0.0269. The fourth-order valence-corrected chi connectivity index (χ4v) is 3.91. The van der Waals surface area contributed by atoms with E-state index in [0.717, 1.165) is 5.56 Å². The Bertz CT molecular complexity index is 1150. The van der Waals surface area contributed by atoms with E-state index in [0.29, 0.717) is 5.75 Å². The fourth-order valence-electron chi connectivity index (χ4n) is 3.91. The zero-order chi connectivity index (χ0) is 24.3. The predicted molar refractivity (Wildman–Crippen MR) is 117 cm³/mol. The van der Waals surface area contributed by atoms with Crippen LogP contribution >= 0.6 is 0 Å². The van der Waals surface area contributed by atoms with Crippen LogP contribution in [-0.2, 0) is 6.61 Å². The molecule has 2 amide bonds. The van der Waals surface area contributed by atoms with Crippen molar-refractivity contribution in [2.24, 2.45) is 5.92 Å². The molecule has 1 aliphatic rings. The fraction of sp³-hybridized carbons (Fsp3) is 0.200. The first kappa shape index (κ1) is 23.3. The summed E-state index contributed by atoms with van der Waals surface area (Å²) < 4.78 is 47.6. The van der Waals surface area contributed by atoms with E-state index in [4.69, 9.17) is 4.74 Å². The summed E-state index contributed by atoms with van der Waals surface area (Å²) in [6.07, 6.45) is -5.31.